The number of halogens is 1. The molecule has 0 aliphatic carbocycles. The molecule has 0 spiro atoms. The van der Waals surface area contributed by atoms with Crippen molar-refractivity contribution in [2.45, 2.75) is 0 Å². The lowest BCUT2D eigenvalue weighted by molar-refractivity contribution is 0.987. The number of nitrogens with zero attached hydrogens (tertiary/aromatic N) is 2. The predicted octanol–water partition coefficient (Wildman–Crippen LogP) is 1.85. The Bertz CT molecular complexity index is 619. The molecule has 0 saturated carbocycles. The maximum absolute atomic E-state index is 12.0. The van der Waals surface area contributed by atoms with Crippen molar-refractivity contribution in [3.05, 3.63) is 39.1 Å². The van der Waals surface area contributed by atoms with Crippen molar-refractivity contribution in [2.24, 2.45) is 0 Å². The van der Waals surface area contributed by atoms with Crippen LogP contribution in [0, 0.1) is 0 Å². The van der Waals surface area contributed by atoms with Crippen molar-refractivity contribution in [3.8, 4) is 11.1 Å². The van der Waals surface area contributed by atoms with Gasteiger partial charge in [0.15, 0.2) is 0 Å². The van der Waals surface area contributed by atoms with Crippen molar-refractivity contribution in [1.82, 2.24) is 9.97 Å². The molecule has 0 atom stereocenters. The van der Waals surface area contributed by atoms with Gasteiger partial charge in [-0.15, -0.1) is 0 Å². The summed E-state index contributed by atoms with van der Waals surface area (Å²) < 4.78 is 0.944. The molecule has 0 unspecified atom stereocenters. The van der Waals surface area contributed by atoms with E-state index in [9.17, 15) is 4.79 Å². The van der Waals surface area contributed by atoms with E-state index in [4.69, 9.17) is 5.73 Å². The van der Waals surface area contributed by atoms with E-state index in [2.05, 4.69) is 25.9 Å². The second-order valence-corrected chi connectivity index (χ2v) is 4.97. The molecule has 0 aliphatic rings. The Hall–Kier alpha value is -1.82. The Balaban J connectivity index is 2.59. The highest BCUT2D eigenvalue weighted by Gasteiger charge is 2.11. The van der Waals surface area contributed by atoms with Crippen LogP contribution in [0.2, 0.25) is 0 Å². The lowest BCUT2D eigenvalue weighted by Gasteiger charge is -2.12. The fraction of sp³-hybridized carbons (Fsp3) is 0.167. The number of nitrogens with two attached hydrogens (primary N) is 1. The highest BCUT2D eigenvalue weighted by Crippen LogP contribution is 2.23. The molecule has 0 bridgehead atoms. The van der Waals surface area contributed by atoms with Crippen LogP contribution >= 0.6 is 15.9 Å². The van der Waals surface area contributed by atoms with Crippen LogP contribution in [0.1, 0.15) is 0 Å². The van der Waals surface area contributed by atoms with Crippen molar-refractivity contribution in [2.75, 3.05) is 24.7 Å². The van der Waals surface area contributed by atoms with Crippen LogP contribution in [0.15, 0.2) is 33.5 Å². The van der Waals surface area contributed by atoms with E-state index in [0.717, 1.165) is 10.0 Å². The van der Waals surface area contributed by atoms with Gasteiger partial charge in [0.25, 0.3) is 5.56 Å². The average molecular weight is 309 g/mol. The van der Waals surface area contributed by atoms with Gasteiger partial charge < -0.3 is 10.6 Å². The molecule has 0 aliphatic heterocycles. The molecule has 3 N–H and O–H groups in total. The Labute approximate surface area is 113 Å². The van der Waals surface area contributed by atoms with E-state index in [0.29, 0.717) is 11.5 Å². The summed E-state index contributed by atoms with van der Waals surface area (Å²) >= 11 is 3.35. The molecule has 1 aromatic carbocycles. The van der Waals surface area contributed by atoms with Gasteiger partial charge >= 0.3 is 0 Å². The van der Waals surface area contributed by atoms with Crippen LogP contribution in [-0.2, 0) is 0 Å². The summed E-state index contributed by atoms with van der Waals surface area (Å²) in [4.78, 5) is 20.6. The van der Waals surface area contributed by atoms with E-state index in [1.54, 1.807) is 19.0 Å². The van der Waals surface area contributed by atoms with Gasteiger partial charge in [0.2, 0.25) is 5.95 Å². The maximum Gasteiger partial charge on any atom is 0.262 e. The molecular weight excluding hydrogens is 296 g/mol. The molecule has 5 nitrogen and oxygen atoms in total. The third kappa shape index (κ3) is 2.38. The van der Waals surface area contributed by atoms with E-state index in [1.165, 1.54) is 0 Å². The second-order valence-electron chi connectivity index (χ2n) is 4.05. The van der Waals surface area contributed by atoms with Crippen molar-refractivity contribution >= 4 is 27.7 Å². The summed E-state index contributed by atoms with van der Waals surface area (Å²) in [6.07, 6.45) is 0. The molecule has 94 valence electrons. The molecule has 1 aromatic heterocycles. The van der Waals surface area contributed by atoms with Gasteiger partial charge in [0.1, 0.15) is 5.82 Å². The van der Waals surface area contributed by atoms with E-state index in [-0.39, 0.29) is 11.4 Å². The molecule has 0 saturated heterocycles. The Kier molecular flexibility index (Phi) is 3.38. The van der Waals surface area contributed by atoms with E-state index in [1.807, 2.05) is 24.3 Å². The summed E-state index contributed by atoms with van der Waals surface area (Å²) in [5, 5.41) is 0. The molecular formula is C12H13BrN4O. The topological polar surface area (TPSA) is 75.0 Å². The first-order valence-corrected chi connectivity index (χ1v) is 6.11. The molecule has 0 radical (unpaired) electrons. The number of hydrogen-bond donors (Lipinski definition) is 2. The number of rotatable bonds is 2. The SMILES string of the molecule is CN(C)c1nc(N)c(-c2ccc(Br)cc2)c(=O)[nH]1. The van der Waals surface area contributed by atoms with Crippen LogP contribution < -0.4 is 16.2 Å². The number of nitrogen functional groups attached to an aromatic ring is 1. The van der Waals surface area contributed by atoms with Crippen molar-refractivity contribution in [1.29, 1.82) is 0 Å². The van der Waals surface area contributed by atoms with Gasteiger partial charge in [-0.25, -0.2) is 0 Å². The summed E-state index contributed by atoms with van der Waals surface area (Å²) in [7, 11) is 3.58. The minimum absolute atomic E-state index is 0.227. The number of aromatic nitrogens is 2. The predicted molar refractivity (Wildman–Crippen MR) is 76.7 cm³/mol. The molecule has 6 heteroatoms. The largest absolute Gasteiger partial charge is 0.383 e. The summed E-state index contributed by atoms with van der Waals surface area (Å²) in [5.74, 6) is 0.670. The fourth-order valence-electron chi connectivity index (χ4n) is 1.59. The van der Waals surface area contributed by atoms with Crippen LogP contribution in [0.25, 0.3) is 11.1 Å². The molecule has 2 rings (SSSR count). The van der Waals surface area contributed by atoms with Crippen LogP contribution in [0.3, 0.4) is 0 Å². The minimum atomic E-state index is -0.242. The highest BCUT2D eigenvalue weighted by molar-refractivity contribution is 9.10. The summed E-state index contributed by atoms with van der Waals surface area (Å²) in [6, 6.07) is 7.35. The van der Waals surface area contributed by atoms with Gasteiger partial charge in [0.05, 0.1) is 5.56 Å². The third-order valence-corrected chi connectivity index (χ3v) is 3.02. The molecule has 18 heavy (non-hydrogen) atoms. The van der Waals surface area contributed by atoms with Crippen LogP contribution in [0.4, 0.5) is 11.8 Å². The van der Waals surface area contributed by atoms with Gasteiger partial charge in [-0.3, -0.25) is 9.78 Å². The Morgan fingerprint density at radius 3 is 2.39 bits per heavy atom. The molecule has 0 fully saturated rings. The summed E-state index contributed by atoms with van der Waals surface area (Å²) in [5.41, 5.74) is 6.76. The third-order valence-electron chi connectivity index (χ3n) is 2.49. The minimum Gasteiger partial charge on any atom is -0.383 e. The first-order chi connectivity index (χ1) is 8.49. The zero-order valence-corrected chi connectivity index (χ0v) is 11.7. The lowest BCUT2D eigenvalue weighted by atomic mass is 10.1. The average Bonchev–Trinajstić information content (AvgIpc) is 2.30. The lowest BCUT2D eigenvalue weighted by Crippen LogP contribution is -2.21. The number of benzene rings is 1. The zero-order chi connectivity index (χ0) is 13.3. The molecule has 0 amide bonds. The first-order valence-electron chi connectivity index (χ1n) is 5.32. The van der Waals surface area contributed by atoms with Gasteiger partial charge in [0, 0.05) is 18.6 Å². The van der Waals surface area contributed by atoms with Crippen molar-refractivity contribution < 1.29 is 0 Å². The summed E-state index contributed by atoms with van der Waals surface area (Å²) in [6.45, 7) is 0. The smallest absolute Gasteiger partial charge is 0.262 e. The van der Waals surface area contributed by atoms with Crippen molar-refractivity contribution in [3.63, 3.8) is 0 Å². The van der Waals surface area contributed by atoms with E-state index >= 15 is 0 Å². The van der Waals surface area contributed by atoms with E-state index < -0.39 is 0 Å². The first kappa shape index (κ1) is 12.6. The van der Waals surface area contributed by atoms with Gasteiger partial charge in [-0.2, -0.15) is 4.98 Å². The van der Waals surface area contributed by atoms with Gasteiger partial charge in [-0.1, -0.05) is 28.1 Å². The zero-order valence-electron chi connectivity index (χ0n) is 10.1. The number of nitrogens with one attached hydrogen (secondary N) is 1. The highest BCUT2D eigenvalue weighted by atomic mass is 79.9. The number of aromatic amines is 1. The standard InChI is InChI=1S/C12H13BrN4O/c1-17(2)12-15-10(14)9(11(18)16-12)7-3-5-8(13)6-4-7/h3-6H,1-2H3,(H3,14,15,16,18). The Morgan fingerprint density at radius 1 is 1.28 bits per heavy atom. The second kappa shape index (κ2) is 4.81. The maximum atomic E-state index is 12.0. The number of H-pyrrole nitrogens is 1. The quantitative estimate of drug-likeness (QED) is 0.888. The Morgan fingerprint density at radius 2 is 1.89 bits per heavy atom. The van der Waals surface area contributed by atoms with Crippen LogP contribution in [-0.4, -0.2) is 24.1 Å². The molecule has 2 aromatic rings. The number of anilines is 2. The normalized spacial score (nSPS) is 10.4. The fourth-order valence-corrected chi connectivity index (χ4v) is 1.85. The number of hydrogen-bond acceptors (Lipinski definition) is 4. The molecule has 1 heterocycles. The van der Waals surface area contributed by atoms with Crippen LogP contribution in [0.5, 0.6) is 0 Å². The van der Waals surface area contributed by atoms with Gasteiger partial charge in [-0.05, 0) is 17.7 Å². The monoisotopic (exact) mass is 308 g/mol.